The molecule has 7 heteroatoms. The van der Waals surface area contributed by atoms with Crippen LogP contribution in [0.25, 0.3) is 22.4 Å². The van der Waals surface area contributed by atoms with Crippen molar-refractivity contribution < 1.29 is 9.15 Å². The molecule has 1 unspecified atom stereocenters. The molecule has 1 aliphatic heterocycles. The smallest absolute Gasteiger partial charge is 0.347 e. The van der Waals surface area contributed by atoms with Crippen LogP contribution in [0.15, 0.2) is 39.7 Å². The Morgan fingerprint density at radius 1 is 1.23 bits per heavy atom. The Bertz CT molecular complexity index is 1170. The zero-order valence-corrected chi connectivity index (χ0v) is 18.3. The van der Waals surface area contributed by atoms with Crippen molar-refractivity contribution in [1.82, 2.24) is 14.9 Å². The van der Waals surface area contributed by atoms with E-state index in [9.17, 15) is 4.79 Å². The highest BCUT2D eigenvalue weighted by Gasteiger charge is 2.29. The van der Waals surface area contributed by atoms with Gasteiger partial charge in [0.05, 0.1) is 23.6 Å². The van der Waals surface area contributed by atoms with Crippen LogP contribution in [0.1, 0.15) is 37.2 Å². The predicted octanol–water partition coefficient (Wildman–Crippen LogP) is 3.67. The summed E-state index contributed by atoms with van der Waals surface area (Å²) in [4.78, 5) is 27.0. The predicted molar refractivity (Wildman–Crippen MR) is 121 cm³/mol. The number of methoxy groups -OCH3 is 1. The van der Waals surface area contributed by atoms with Crippen LogP contribution in [-0.2, 0) is 0 Å². The van der Waals surface area contributed by atoms with Gasteiger partial charge in [0, 0.05) is 31.4 Å². The number of pyridine rings is 1. The van der Waals surface area contributed by atoms with Crippen molar-refractivity contribution in [3.8, 4) is 17.2 Å². The number of benzene rings is 1. The molecule has 0 bridgehead atoms. The SMILES string of the molecule is COc1cc(C2CCC2)c2c(=O)oc(-c3cccnc3N3CCC(N(C)C)C3)nc2c1. The molecule has 1 saturated carbocycles. The number of anilines is 1. The summed E-state index contributed by atoms with van der Waals surface area (Å²) in [6, 6.07) is 8.04. The van der Waals surface area contributed by atoms with Gasteiger partial charge >= 0.3 is 5.63 Å². The number of likely N-dealkylation sites (N-methyl/N-ethyl adjacent to an activating group) is 1. The van der Waals surface area contributed by atoms with E-state index in [1.54, 1.807) is 13.3 Å². The zero-order chi connectivity index (χ0) is 21.5. The maximum atomic E-state index is 13.1. The zero-order valence-electron chi connectivity index (χ0n) is 18.3. The minimum atomic E-state index is -0.341. The molecular weight excluding hydrogens is 392 g/mol. The molecule has 0 amide bonds. The number of rotatable bonds is 5. The molecule has 2 aliphatic rings. The van der Waals surface area contributed by atoms with Crippen molar-refractivity contribution >= 4 is 16.7 Å². The van der Waals surface area contributed by atoms with E-state index in [0.717, 1.165) is 55.0 Å². The second kappa shape index (κ2) is 7.96. The summed E-state index contributed by atoms with van der Waals surface area (Å²) in [5.41, 5.74) is 2.02. The second-order valence-electron chi connectivity index (χ2n) is 8.77. The van der Waals surface area contributed by atoms with Crippen LogP contribution in [0.4, 0.5) is 5.82 Å². The van der Waals surface area contributed by atoms with E-state index in [4.69, 9.17) is 14.1 Å². The molecule has 162 valence electrons. The molecule has 1 atom stereocenters. The van der Waals surface area contributed by atoms with Crippen molar-refractivity contribution in [3.05, 3.63) is 46.4 Å². The van der Waals surface area contributed by atoms with Crippen LogP contribution in [0.5, 0.6) is 5.75 Å². The first-order valence-corrected chi connectivity index (χ1v) is 10.9. The van der Waals surface area contributed by atoms with Crippen LogP contribution >= 0.6 is 0 Å². The molecule has 31 heavy (non-hydrogen) atoms. The maximum Gasteiger partial charge on any atom is 0.347 e. The molecule has 0 N–H and O–H groups in total. The monoisotopic (exact) mass is 420 g/mol. The first-order chi connectivity index (χ1) is 15.0. The largest absolute Gasteiger partial charge is 0.497 e. The Hall–Kier alpha value is -2.93. The number of fused-ring (bicyclic) bond motifs is 1. The summed E-state index contributed by atoms with van der Waals surface area (Å²) < 4.78 is 11.3. The van der Waals surface area contributed by atoms with Crippen molar-refractivity contribution in [3.63, 3.8) is 0 Å². The molecule has 1 aliphatic carbocycles. The topological polar surface area (TPSA) is 71.7 Å². The molecule has 0 radical (unpaired) electrons. The minimum absolute atomic E-state index is 0.307. The average Bonchev–Trinajstić information content (AvgIpc) is 3.22. The van der Waals surface area contributed by atoms with Gasteiger partial charge in [-0.3, -0.25) is 0 Å². The van der Waals surface area contributed by atoms with Gasteiger partial charge in [0.15, 0.2) is 0 Å². The van der Waals surface area contributed by atoms with E-state index in [1.807, 2.05) is 24.3 Å². The van der Waals surface area contributed by atoms with E-state index in [-0.39, 0.29) is 5.63 Å². The Labute approximate surface area is 181 Å². The lowest BCUT2D eigenvalue weighted by Gasteiger charge is -2.27. The first kappa shape index (κ1) is 20.0. The van der Waals surface area contributed by atoms with E-state index >= 15 is 0 Å². The maximum absolute atomic E-state index is 13.1. The lowest BCUT2D eigenvalue weighted by Crippen LogP contribution is -2.31. The normalized spacial score (nSPS) is 19.2. The molecule has 5 rings (SSSR count). The van der Waals surface area contributed by atoms with Gasteiger partial charge in [0.25, 0.3) is 0 Å². The average molecular weight is 421 g/mol. The summed E-state index contributed by atoms with van der Waals surface area (Å²) in [5, 5.41) is 0.577. The quantitative estimate of drug-likeness (QED) is 0.624. The summed E-state index contributed by atoms with van der Waals surface area (Å²) in [7, 11) is 5.85. The molecular formula is C24H28N4O3. The fourth-order valence-corrected chi connectivity index (χ4v) is 4.65. The van der Waals surface area contributed by atoms with Crippen molar-refractivity contribution in [1.29, 1.82) is 0 Å². The van der Waals surface area contributed by atoms with Gasteiger partial charge < -0.3 is 19.0 Å². The Kier molecular flexibility index (Phi) is 5.14. The van der Waals surface area contributed by atoms with Crippen LogP contribution < -0.4 is 15.3 Å². The third-order valence-electron chi connectivity index (χ3n) is 6.73. The molecule has 3 aromatic rings. The van der Waals surface area contributed by atoms with E-state index < -0.39 is 0 Å². The number of nitrogens with zero attached hydrogens (tertiary/aromatic N) is 4. The van der Waals surface area contributed by atoms with Crippen LogP contribution in [0.3, 0.4) is 0 Å². The number of aromatic nitrogens is 2. The van der Waals surface area contributed by atoms with Crippen molar-refractivity contribution in [2.75, 3.05) is 39.2 Å². The summed E-state index contributed by atoms with van der Waals surface area (Å²) in [6.45, 7) is 1.79. The molecule has 3 heterocycles. The summed E-state index contributed by atoms with van der Waals surface area (Å²) in [6.07, 6.45) is 6.19. The second-order valence-corrected chi connectivity index (χ2v) is 8.77. The Balaban J connectivity index is 1.61. The molecule has 7 nitrogen and oxygen atoms in total. The number of ether oxygens (including phenoxy) is 1. The van der Waals surface area contributed by atoms with Gasteiger partial charge in [-0.1, -0.05) is 6.42 Å². The van der Waals surface area contributed by atoms with Crippen molar-refractivity contribution in [2.45, 2.75) is 37.6 Å². The van der Waals surface area contributed by atoms with Gasteiger partial charge in [0.2, 0.25) is 5.89 Å². The Morgan fingerprint density at radius 3 is 2.74 bits per heavy atom. The third-order valence-corrected chi connectivity index (χ3v) is 6.73. The number of hydrogen-bond acceptors (Lipinski definition) is 7. The van der Waals surface area contributed by atoms with E-state index in [0.29, 0.717) is 28.8 Å². The summed E-state index contributed by atoms with van der Waals surface area (Å²) >= 11 is 0. The van der Waals surface area contributed by atoms with Crippen LogP contribution in [0.2, 0.25) is 0 Å². The van der Waals surface area contributed by atoms with Gasteiger partial charge in [-0.2, -0.15) is 0 Å². The minimum Gasteiger partial charge on any atom is -0.497 e. The van der Waals surface area contributed by atoms with E-state index in [1.165, 1.54) is 6.42 Å². The lowest BCUT2D eigenvalue weighted by atomic mass is 9.79. The Morgan fingerprint density at radius 2 is 2.06 bits per heavy atom. The highest BCUT2D eigenvalue weighted by atomic mass is 16.5. The third kappa shape index (κ3) is 3.57. The molecule has 2 fully saturated rings. The van der Waals surface area contributed by atoms with Crippen LogP contribution in [0, 0.1) is 0 Å². The standard InChI is InChI=1S/C24H28N4O3/c1-27(2)16-9-11-28(14-16)22-18(8-5-10-25-22)23-26-20-13-17(30-3)12-19(15-6-4-7-15)21(20)24(29)31-23/h5,8,10,12-13,15-16H,4,6-7,9,11,14H2,1-3H3. The fraction of sp³-hybridized carbons (Fsp3) is 0.458. The van der Waals surface area contributed by atoms with Gasteiger partial charge in [-0.25, -0.2) is 14.8 Å². The molecule has 2 aromatic heterocycles. The van der Waals surface area contributed by atoms with Crippen LogP contribution in [-0.4, -0.2) is 55.2 Å². The lowest BCUT2D eigenvalue weighted by molar-refractivity contribution is 0.315. The molecule has 1 aromatic carbocycles. The summed E-state index contributed by atoms with van der Waals surface area (Å²) in [5.74, 6) is 2.21. The van der Waals surface area contributed by atoms with Crippen molar-refractivity contribution in [2.24, 2.45) is 0 Å². The van der Waals surface area contributed by atoms with Gasteiger partial charge in [-0.15, -0.1) is 0 Å². The van der Waals surface area contributed by atoms with E-state index in [2.05, 4.69) is 28.9 Å². The fourth-order valence-electron chi connectivity index (χ4n) is 4.65. The number of hydrogen-bond donors (Lipinski definition) is 0. The highest BCUT2D eigenvalue weighted by Crippen LogP contribution is 2.41. The molecule has 1 saturated heterocycles. The molecule has 0 spiro atoms. The van der Waals surface area contributed by atoms with Gasteiger partial charge in [-0.05, 0) is 63.0 Å². The van der Waals surface area contributed by atoms with Gasteiger partial charge in [0.1, 0.15) is 11.6 Å². The highest BCUT2D eigenvalue weighted by molar-refractivity contribution is 5.85. The first-order valence-electron chi connectivity index (χ1n) is 10.9.